The van der Waals surface area contributed by atoms with Crippen LogP contribution in [0.2, 0.25) is 0 Å². The van der Waals surface area contributed by atoms with Gasteiger partial charge in [-0.15, -0.1) is 0 Å². The van der Waals surface area contributed by atoms with Gasteiger partial charge in [0, 0.05) is 6.42 Å². The molecule has 1 aliphatic heterocycles. The summed E-state index contributed by atoms with van der Waals surface area (Å²) in [6, 6.07) is -0.497. The van der Waals surface area contributed by atoms with Crippen LogP contribution in [0.15, 0.2) is 0 Å². The Morgan fingerprint density at radius 3 is 2.67 bits per heavy atom. The minimum absolute atomic E-state index is 0.464. The van der Waals surface area contributed by atoms with Crippen molar-refractivity contribution in [3.05, 3.63) is 0 Å². The van der Waals surface area contributed by atoms with Gasteiger partial charge in [0.15, 0.2) is 5.79 Å². The number of hydrogen-bond acceptors (Lipinski definition) is 4. The molecule has 1 unspecified atom stereocenters. The molecule has 0 saturated carbocycles. The SMILES string of the molecule is CC(NCCCC1(C)OCCO1)C(=O)O. The second-order valence-electron chi connectivity index (χ2n) is 3.95. The average molecular weight is 217 g/mol. The number of carboxylic acid groups (broad SMARTS) is 1. The monoisotopic (exact) mass is 217 g/mol. The minimum Gasteiger partial charge on any atom is -0.480 e. The van der Waals surface area contributed by atoms with E-state index in [4.69, 9.17) is 14.6 Å². The Morgan fingerprint density at radius 2 is 2.13 bits per heavy atom. The van der Waals surface area contributed by atoms with Crippen molar-refractivity contribution in [3.8, 4) is 0 Å². The maximum Gasteiger partial charge on any atom is 0.320 e. The molecule has 1 rings (SSSR count). The summed E-state index contributed by atoms with van der Waals surface area (Å²) in [5.74, 6) is -1.29. The zero-order valence-electron chi connectivity index (χ0n) is 9.28. The van der Waals surface area contributed by atoms with Crippen LogP contribution in [0.1, 0.15) is 26.7 Å². The number of rotatable bonds is 6. The second kappa shape index (κ2) is 5.44. The number of aliphatic carboxylic acids is 1. The third kappa shape index (κ3) is 4.15. The van der Waals surface area contributed by atoms with Gasteiger partial charge in [-0.05, 0) is 26.8 Å². The molecule has 15 heavy (non-hydrogen) atoms. The second-order valence-corrected chi connectivity index (χ2v) is 3.95. The van der Waals surface area contributed by atoms with Crippen molar-refractivity contribution < 1.29 is 19.4 Å². The Balaban J connectivity index is 2.08. The highest BCUT2D eigenvalue weighted by molar-refractivity contribution is 5.72. The van der Waals surface area contributed by atoms with E-state index in [0.29, 0.717) is 19.8 Å². The highest BCUT2D eigenvalue weighted by Gasteiger charge is 2.29. The Hall–Kier alpha value is -0.650. The van der Waals surface area contributed by atoms with E-state index in [1.807, 2.05) is 6.92 Å². The summed E-state index contributed by atoms with van der Waals surface area (Å²) in [5, 5.41) is 11.5. The summed E-state index contributed by atoms with van der Waals surface area (Å²) in [5.41, 5.74) is 0. The molecule has 0 spiro atoms. The van der Waals surface area contributed by atoms with Crippen LogP contribution in [0.4, 0.5) is 0 Å². The number of carbonyl (C=O) groups is 1. The zero-order valence-corrected chi connectivity index (χ0v) is 9.28. The molecule has 2 N–H and O–H groups in total. The van der Waals surface area contributed by atoms with Gasteiger partial charge in [-0.2, -0.15) is 0 Å². The third-order valence-corrected chi connectivity index (χ3v) is 2.53. The molecule has 1 heterocycles. The maximum absolute atomic E-state index is 10.5. The van der Waals surface area contributed by atoms with Crippen molar-refractivity contribution in [2.24, 2.45) is 0 Å². The van der Waals surface area contributed by atoms with Crippen LogP contribution in [0.5, 0.6) is 0 Å². The van der Waals surface area contributed by atoms with Crippen LogP contribution in [0.3, 0.4) is 0 Å². The Morgan fingerprint density at radius 1 is 1.53 bits per heavy atom. The predicted molar refractivity (Wildman–Crippen MR) is 54.6 cm³/mol. The van der Waals surface area contributed by atoms with Gasteiger partial charge >= 0.3 is 5.97 Å². The molecule has 1 saturated heterocycles. The molecule has 1 fully saturated rings. The fourth-order valence-corrected chi connectivity index (χ4v) is 1.52. The zero-order chi connectivity index (χ0) is 11.3. The number of ether oxygens (including phenoxy) is 2. The first-order valence-electron chi connectivity index (χ1n) is 5.28. The first kappa shape index (κ1) is 12.4. The van der Waals surface area contributed by atoms with Crippen molar-refractivity contribution in [3.63, 3.8) is 0 Å². The molecule has 1 atom stereocenters. The highest BCUT2D eigenvalue weighted by atomic mass is 16.7. The Kier molecular flexibility index (Phi) is 4.50. The van der Waals surface area contributed by atoms with Gasteiger partial charge in [0.05, 0.1) is 13.2 Å². The van der Waals surface area contributed by atoms with E-state index in [1.54, 1.807) is 6.92 Å². The average Bonchev–Trinajstić information content (AvgIpc) is 2.60. The highest BCUT2D eigenvalue weighted by Crippen LogP contribution is 2.23. The fraction of sp³-hybridized carbons (Fsp3) is 0.900. The van der Waals surface area contributed by atoms with Gasteiger partial charge < -0.3 is 19.9 Å². The molecular weight excluding hydrogens is 198 g/mol. The van der Waals surface area contributed by atoms with E-state index in [0.717, 1.165) is 12.8 Å². The molecule has 0 aromatic heterocycles. The quantitative estimate of drug-likeness (QED) is 0.637. The largest absolute Gasteiger partial charge is 0.480 e. The van der Waals surface area contributed by atoms with Gasteiger partial charge in [0.1, 0.15) is 6.04 Å². The number of carboxylic acids is 1. The van der Waals surface area contributed by atoms with Gasteiger partial charge in [-0.25, -0.2) is 0 Å². The molecule has 0 aliphatic carbocycles. The molecule has 1 aliphatic rings. The molecule has 88 valence electrons. The van der Waals surface area contributed by atoms with Crippen LogP contribution in [-0.4, -0.2) is 42.7 Å². The van der Waals surface area contributed by atoms with Gasteiger partial charge in [0.2, 0.25) is 0 Å². The van der Waals surface area contributed by atoms with Gasteiger partial charge in [-0.3, -0.25) is 4.79 Å². The molecule has 5 nitrogen and oxygen atoms in total. The lowest BCUT2D eigenvalue weighted by Crippen LogP contribution is -2.35. The molecule has 5 heteroatoms. The molecule has 0 aromatic carbocycles. The summed E-state index contributed by atoms with van der Waals surface area (Å²) in [7, 11) is 0. The lowest BCUT2D eigenvalue weighted by molar-refractivity contribution is -0.147. The standard InChI is InChI=1S/C10H19NO4/c1-8(9(12)13)11-5-3-4-10(2)14-6-7-15-10/h8,11H,3-7H2,1-2H3,(H,12,13). The van der Waals surface area contributed by atoms with Gasteiger partial charge in [-0.1, -0.05) is 0 Å². The first-order chi connectivity index (χ1) is 7.03. The van der Waals surface area contributed by atoms with E-state index >= 15 is 0 Å². The first-order valence-corrected chi connectivity index (χ1v) is 5.28. The molecular formula is C10H19NO4. The summed E-state index contributed by atoms with van der Waals surface area (Å²) in [6.07, 6.45) is 1.63. The topological polar surface area (TPSA) is 67.8 Å². The number of nitrogens with one attached hydrogen (secondary N) is 1. The minimum atomic E-state index is -0.824. The molecule has 0 aromatic rings. The van der Waals surface area contributed by atoms with E-state index in [-0.39, 0.29) is 0 Å². The van der Waals surface area contributed by atoms with E-state index in [9.17, 15) is 4.79 Å². The fourth-order valence-electron chi connectivity index (χ4n) is 1.52. The normalized spacial score (nSPS) is 21.5. The summed E-state index contributed by atoms with van der Waals surface area (Å²) in [6.45, 7) is 5.51. The summed E-state index contributed by atoms with van der Waals surface area (Å²) >= 11 is 0. The Labute approximate surface area is 89.8 Å². The van der Waals surface area contributed by atoms with Crippen LogP contribution < -0.4 is 5.32 Å². The van der Waals surface area contributed by atoms with Crippen molar-refractivity contribution in [1.29, 1.82) is 0 Å². The van der Waals surface area contributed by atoms with Crippen LogP contribution >= 0.6 is 0 Å². The van der Waals surface area contributed by atoms with E-state index in [2.05, 4.69) is 5.32 Å². The number of hydrogen-bond donors (Lipinski definition) is 2. The van der Waals surface area contributed by atoms with Crippen LogP contribution in [-0.2, 0) is 14.3 Å². The smallest absolute Gasteiger partial charge is 0.320 e. The van der Waals surface area contributed by atoms with Crippen LogP contribution in [0.25, 0.3) is 0 Å². The van der Waals surface area contributed by atoms with Crippen LogP contribution in [0, 0.1) is 0 Å². The lowest BCUT2D eigenvalue weighted by atomic mass is 10.1. The summed E-state index contributed by atoms with van der Waals surface area (Å²) < 4.78 is 10.9. The van der Waals surface area contributed by atoms with Crippen molar-refractivity contribution >= 4 is 5.97 Å². The van der Waals surface area contributed by atoms with Crippen molar-refractivity contribution in [2.45, 2.75) is 38.5 Å². The van der Waals surface area contributed by atoms with Crippen molar-refractivity contribution in [2.75, 3.05) is 19.8 Å². The third-order valence-electron chi connectivity index (χ3n) is 2.53. The Bertz CT molecular complexity index is 213. The maximum atomic E-state index is 10.5. The molecule has 0 radical (unpaired) electrons. The van der Waals surface area contributed by atoms with E-state index in [1.165, 1.54) is 0 Å². The molecule has 0 bridgehead atoms. The van der Waals surface area contributed by atoms with Gasteiger partial charge in [0.25, 0.3) is 0 Å². The molecule has 0 amide bonds. The summed E-state index contributed by atoms with van der Waals surface area (Å²) in [4.78, 5) is 10.5. The van der Waals surface area contributed by atoms with E-state index < -0.39 is 17.8 Å². The predicted octanol–water partition coefficient (Wildman–Crippen LogP) is 0.592. The lowest BCUT2D eigenvalue weighted by Gasteiger charge is -2.22. The van der Waals surface area contributed by atoms with Crippen molar-refractivity contribution in [1.82, 2.24) is 5.32 Å².